The van der Waals surface area contributed by atoms with Gasteiger partial charge in [-0.15, -0.1) is 0 Å². The molecule has 1 fully saturated rings. The Kier molecular flexibility index (Phi) is 20.5. The molecular formula is C63H80N2O12SSi. The molecule has 424 valence electrons. The zero-order valence-electron chi connectivity index (χ0n) is 47.8. The number of nitrogens with zero attached hydrogens (tertiary/aromatic N) is 1. The average Bonchev–Trinajstić information content (AvgIpc) is 4.32. The predicted octanol–water partition coefficient (Wildman–Crippen LogP) is 14.3. The van der Waals surface area contributed by atoms with E-state index in [1.165, 1.54) is 25.3 Å². The highest BCUT2D eigenvalue weighted by Gasteiger charge is 2.51. The number of rotatable bonds is 26. The fraction of sp³-hybridized carbons (Fsp3) is 0.429. The number of hydrogen-bond donors (Lipinski definition) is 1. The summed E-state index contributed by atoms with van der Waals surface area (Å²) in [6.07, 6.45) is 3.78. The second-order valence-electron chi connectivity index (χ2n) is 22.5. The molecule has 6 rings (SSSR count). The van der Waals surface area contributed by atoms with Crippen molar-refractivity contribution in [3.63, 3.8) is 0 Å². The van der Waals surface area contributed by atoms with Gasteiger partial charge in [0.15, 0.2) is 9.84 Å². The lowest BCUT2D eigenvalue weighted by Gasteiger charge is -2.47. The van der Waals surface area contributed by atoms with Crippen molar-refractivity contribution in [3.05, 3.63) is 190 Å². The van der Waals surface area contributed by atoms with E-state index in [1.807, 2.05) is 80.6 Å². The molecule has 0 heterocycles. The van der Waals surface area contributed by atoms with Gasteiger partial charge in [-0.05, 0) is 104 Å². The van der Waals surface area contributed by atoms with Gasteiger partial charge in [-0.25, -0.2) is 13.2 Å². The average molecular weight is 1120 g/mol. The van der Waals surface area contributed by atoms with Crippen molar-refractivity contribution in [1.29, 1.82) is 0 Å². The number of sulfone groups is 1. The molecule has 1 aliphatic carbocycles. The lowest BCUT2D eigenvalue weighted by molar-refractivity contribution is -0.385. The first kappa shape index (κ1) is 61.8. The Bertz CT molecular complexity index is 2890. The van der Waals surface area contributed by atoms with Crippen LogP contribution in [0, 0.1) is 16.0 Å². The third kappa shape index (κ3) is 14.5. The minimum Gasteiger partial charge on any atom is -0.496 e. The van der Waals surface area contributed by atoms with Gasteiger partial charge in [-0.1, -0.05) is 176 Å². The minimum absolute atomic E-state index is 0.0362. The van der Waals surface area contributed by atoms with Gasteiger partial charge in [0.25, 0.3) is 0 Å². The van der Waals surface area contributed by atoms with Crippen LogP contribution in [0.2, 0.25) is 16.6 Å². The van der Waals surface area contributed by atoms with Crippen LogP contribution in [0.25, 0.3) is 0 Å². The van der Waals surface area contributed by atoms with E-state index < -0.39 is 86.8 Å². The normalized spacial score (nSPS) is 15.6. The van der Waals surface area contributed by atoms with Crippen molar-refractivity contribution in [1.82, 2.24) is 0 Å². The summed E-state index contributed by atoms with van der Waals surface area (Å²) in [5.41, 5.74) is 6.31. The van der Waals surface area contributed by atoms with Crippen molar-refractivity contribution in [2.75, 3.05) is 13.7 Å². The SMILES string of the molecule is COc1cc(C(C/C=C(/C)[C@H](O[Si](C(C)C)(C(C)C)C(C)C)[C@@H](C)[C@H](C/C=C/COC(c2ccccc2)(c2ccccc2)c2ccccc2)OC(=O)C2(N)CC2)S(=O)(=O)c2ccccc2)c(OC(=O)OC(C)(C)C)c([N+](=O)[O-])c1. The van der Waals surface area contributed by atoms with Gasteiger partial charge in [-0.2, -0.15) is 0 Å². The first-order valence-corrected chi connectivity index (χ1v) is 30.9. The number of carbonyl (C=O) groups is 2. The number of carbonyl (C=O) groups excluding carboxylic acids is 2. The van der Waals surface area contributed by atoms with Gasteiger partial charge in [0.1, 0.15) is 28.6 Å². The van der Waals surface area contributed by atoms with Crippen LogP contribution in [0.15, 0.2) is 162 Å². The molecule has 0 bridgehead atoms. The van der Waals surface area contributed by atoms with Crippen molar-refractivity contribution in [2.24, 2.45) is 11.7 Å². The summed E-state index contributed by atoms with van der Waals surface area (Å²) in [5.74, 6) is -1.71. The second kappa shape index (κ2) is 26.2. The van der Waals surface area contributed by atoms with E-state index in [1.54, 1.807) is 45.0 Å². The van der Waals surface area contributed by atoms with Crippen LogP contribution in [0.4, 0.5) is 10.5 Å². The number of hydrogen-bond acceptors (Lipinski definition) is 13. The molecule has 1 unspecified atom stereocenters. The van der Waals surface area contributed by atoms with E-state index in [4.69, 9.17) is 33.8 Å². The molecule has 0 spiro atoms. The molecule has 4 atom stereocenters. The van der Waals surface area contributed by atoms with Gasteiger partial charge < -0.3 is 33.8 Å². The first-order chi connectivity index (χ1) is 37.3. The summed E-state index contributed by atoms with van der Waals surface area (Å²) in [7, 11) is -5.95. The molecule has 79 heavy (non-hydrogen) atoms. The Balaban J connectivity index is 1.47. The zero-order valence-corrected chi connectivity index (χ0v) is 49.7. The van der Waals surface area contributed by atoms with E-state index >= 15 is 8.42 Å². The van der Waals surface area contributed by atoms with Gasteiger partial charge in [-0.3, -0.25) is 14.9 Å². The van der Waals surface area contributed by atoms with Gasteiger partial charge in [0.05, 0.1) is 41.0 Å². The second-order valence-corrected chi connectivity index (χ2v) is 30.1. The third-order valence-corrected chi connectivity index (χ3v) is 23.2. The molecule has 0 amide bonds. The third-order valence-electron chi connectivity index (χ3n) is 15.0. The number of esters is 1. The molecule has 0 saturated heterocycles. The Morgan fingerprint density at radius 2 is 1.25 bits per heavy atom. The fourth-order valence-electron chi connectivity index (χ4n) is 10.8. The quantitative estimate of drug-likeness (QED) is 0.0105. The summed E-state index contributed by atoms with van der Waals surface area (Å²) in [4.78, 5) is 39.4. The fourth-order valence-corrected chi connectivity index (χ4v) is 18.2. The van der Waals surface area contributed by atoms with Crippen molar-refractivity contribution in [3.8, 4) is 11.5 Å². The first-order valence-electron chi connectivity index (χ1n) is 27.2. The number of nitro groups is 1. The molecule has 1 saturated carbocycles. The maximum absolute atomic E-state index is 15.2. The molecule has 0 aromatic heterocycles. The van der Waals surface area contributed by atoms with Crippen LogP contribution in [0.3, 0.4) is 0 Å². The lowest BCUT2D eigenvalue weighted by atomic mass is 9.80. The Labute approximate surface area is 468 Å². The lowest BCUT2D eigenvalue weighted by Crippen LogP contribution is -2.53. The molecule has 2 N–H and O–H groups in total. The summed E-state index contributed by atoms with van der Waals surface area (Å²) in [6.45, 7) is 21.9. The van der Waals surface area contributed by atoms with Gasteiger partial charge >= 0.3 is 17.8 Å². The summed E-state index contributed by atoms with van der Waals surface area (Å²) in [6, 6.07) is 40.4. The Hall–Kier alpha value is -6.43. The maximum atomic E-state index is 15.2. The van der Waals surface area contributed by atoms with E-state index in [0.717, 1.165) is 22.8 Å². The number of nitro benzene ring substituents is 1. The van der Waals surface area contributed by atoms with E-state index in [-0.39, 0.29) is 52.3 Å². The summed E-state index contributed by atoms with van der Waals surface area (Å²) < 4.78 is 68.2. The minimum atomic E-state index is -4.45. The highest BCUT2D eigenvalue weighted by Crippen LogP contribution is 2.48. The van der Waals surface area contributed by atoms with E-state index in [2.05, 4.69) is 77.9 Å². The smallest absolute Gasteiger partial charge is 0.496 e. The van der Waals surface area contributed by atoms with Crippen LogP contribution in [-0.4, -0.2) is 70.8 Å². The molecular weight excluding hydrogens is 1040 g/mol. The molecule has 0 radical (unpaired) electrons. The standard InChI is InChI=1S/C63H80N2O12SSi/c1-43(2)79(44(3)4,45(5)6)77-57(46(7)36-37-56(78(70,71)52-33-23-16-24-34-52)53-41-51(72-12)42-54(65(68)69)58(53)75-60(67)76-61(9,10)11)47(8)55(74-59(66)62(64)38-39-62)35-25-26-40-73-63(48-27-17-13-18-28-48,49-29-19-14-20-30-49)50-31-21-15-22-32-50/h13-34,36,41-45,47,55-57H,35,37-40,64H2,1-12H3/b26-25+,46-36-/t47-,55-,56?,57-/m0/s1. The number of nitrogens with two attached hydrogens (primary N) is 1. The van der Waals surface area contributed by atoms with Crippen LogP contribution in [0.1, 0.15) is 129 Å². The van der Waals surface area contributed by atoms with E-state index in [9.17, 15) is 19.7 Å². The van der Waals surface area contributed by atoms with Crippen LogP contribution >= 0.6 is 0 Å². The topological polar surface area (TPSA) is 193 Å². The number of ether oxygens (including phenoxy) is 5. The van der Waals surface area contributed by atoms with Crippen LogP contribution < -0.4 is 15.2 Å². The van der Waals surface area contributed by atoms with Crippen molar-refractivity contribution < 1.29 is 51.0 Å². The highest BCUT2D eigenvalue weighted by molar-refractivity contribution is 7.91. The highest BCUT2D eigenvalue weighted by atomic mass is 32.2. The summed E-state index contributed by atoms with van der Waals surface area (Å²) >= 11 is 0. The van der Waals surface area contributed by atoms with Gasteiger partial charge in [0.2, 0.25) is 14.1 Å². The summed E-state index contributed by atoms with van der Waals surface area (Å²) in [5, 5.41) is 11.2. The van der Waals surface area contributed by atoms with Gasteiger partial charge in [0, 0.05) is 17.9 Å². The maximum Gasteiger partial charge on any atom is 0.514 e. The molecule has 5 aromatic rings. The largest absolute Gasteiger partial charge is 0.514 e. The van der Waals surface area contributed by atoms with Crippen molar-refractivity contribution >= 4 is 36.0 Å². The number of benzene rings is 5. The molecule has 16 heteroatoms. The van der Waals surface area contributed by atoms with Crippen molar-refractivity contribution in [2.45, 2.75) is 158 Å². The van der Waals surface area contributed by atoms with Crippen LogP contribution in [-0.2, 0) is 38.9 Å². The zero-order chi connectivity index (χ0) is 57.9. The molecule has 14 nitrogen and oxygen atoms in total. The molecule has 0 aliphatic heterocycles. The molecule has 5 aromatic carbocycles. The Morgan fingerprint density at radius 1 is 0.759 bits per heavy atom. The number of allylic oxidation sites excluding steroid dienone is 1. The van der Waals surface area contributed by atoms with Crippen LogP contribution in [0.5, 0.6) is 11.5 Å². The predicted molar refractivity (Wildman–Crippen MR) is 311 cm³/mol. The van der Waals surface area contributed by atoms with E-state index in [0.29, 0.717) is 18.4 Å². The number of methoxy groups -OCH3 is 1. The monoisotopic (exact) mass is 1120 g/mol. The Morgan fingerprint density at radius 3 is 1.70 bits per heavy atom. The molecule has 1 aliphatic rings.